The first-order chi connectivity index (χ1) is 9.38. The van der Waals surface area contributed by atoms with Gasteiger partial charge in [-0.05, 0) is 25.0 Å². The van der Waals surface area contributed by atoms with Crippen LogP contribution in [0.1, 0.15) is 46.7 Å². The molecule has 0 radical (unpaired) electrons. The summed E-state index contributed by atoms with van der Waals surface area (Å²) in [6.45, 7) is 6.35. The molecular formula is C14H18N2O3S. The molecule has 0 saturated carbocycles. The van der Waals surface area contributed by atoms with Crippen molar-refractivity contribution in [3.8, 4) is 0 Å². The average molecular weight is 294 g/mol. The highest BCUT2D eigenvalue weighted by molar-refractivity contribution is 7.17. The Kier molecular flexibility index (Phi) is 4.13. The van der Waals surface area contributed by atoms with Crippen LogP contribution in [0.5, 0.6) is 0 Å². The average Bonchev–Trinajstić information content (AvgIpc) is 2.95. The minimum absolute atomic E-state index is 0.0883. The second kappa shape index (κ2) is 5.66. The van der Waals surface area contributed by atoms with Gasteiger partial charge in [0.1, 0.15) is 16.4 Å². The van der Waals surface area contributed by atoms with Crippen molar-refractivity contribution in [3.05, 3.63) is 34.2 Å². The maximum Gasteiger partial charge on any atom is 0.347 e. The summed E-state index contributed by atoms with van der Waals surface area (Å²) in [7, 11) is 1.88. The highest BCUT2D eigenvalue weighted by Crippen LogP contribution is 2.31. The summed E-state index contributed by atoms with van der Waals surface area (Å²) < 4.78 is 5.53. The van der Waals surface area contributed by atoms with Crippen LogP contribution in [0.15, 0.2) is 16.5 Å². The van der Waals surface area contributed by atoms with Gasteiger partial charge in [0.05, 0.1) is 12.2 Å². The maximum absolute atomic E-state index is 11.3. The van der Waals surface area contributed by atoms with Crippen molar-refractivity contribution in [2.45, 2.75) is 33.2 Å². The molecule has 2 aromatic rings. The molecule has 0 saturated heterocycles. The molecule has 2 heterocycles. The number of aryl methyl sites for hydroxylation is 1. The van der Waals surface area contributed by atoms with Crippen LogP contribution in [0.25, 0.3) is 0 Å². The molecule has 0 amide bonds. The first-order valence-corrected chi connectivity index (χ1v) is 7.20. The Balaban J connectivity index is 2.23. The van der Waals surface area contributed by atoms with Gasteiger partial charge in [-0.15, -0.1) is 0 Å². The van der Waals surface area contributed by atoms with Gasteiger partial charge in [-0.1, -0.05) is 25.2 Å². The predicted octanol–water partition coefficient (Wildman–Crippen LogP) is 3.50. The lowest BCUT2D eigenvalue weighted by Crippen LogP contribution is -2.15. The fourth-order valence-electron chi connectivity index (χ4n) is 1.90. The molecule has 0 aliphatic heterocycles. The topological polar surface area (TPSA) is 66.6 Å². The van der Waals surface area contributed by atoms with Crippen LogP contribution in [-0.2, 0) is 6.54 Å². The number of thiazole rings is 1. The van der Waals surface area contributed by atoms with Crippen molar-refractivity contribution in [2.75, 3.05) is 11.9 Å². The molecule has 2 aromatic heterocycles. The molecule has 0 atom stereocenters. The molecule has 0 aliphatic rings. The van der Waals surface area contributed by atoms with E-state index in [4.69, 9.17) is 4.42 Å². The second-order valence-corrected chi connectivity index (χ2v) is 6.02. The Morgan fingerprint density at radius 2 is 2.20 bits per heavy atom. The Labute approximate surface area is 121 Å². The summed E-state index contributed by atoms with van der Waals surface area (Å²) in [4.78, 5) is 17.9. The zero-order chi connectivity index (χ0) is 14.9. The molecule has 6 heteroatoms. The standard InChI is InChI=1S/C14H18N2O3S/c1-8(2)11-12(13(17)18)20-14(15-11)16(4)7-10-6-5-9(3)19-10/h5-6,8H,7H2,1-4H3,(H,17,18). The van der Waals surface area contributed by atoms with E-state index in [1.54, 1.807) is 0 Å². The smallest absolute Gasteiger partial charge is 0.347 e. The van der Waals surface area contributed by atoms with E-state index >= 15 is 0 Å². The summed E-state index contributed by atoms with van der Waals surface area (Å²) in [6, 6.07) is 3.83. The number of aromatic nitrogens is 1. The number of furan rings is 1. The van der Waals surface area contributed by atoms with Crippen LogP contribution in [0.3, 0.4) is 0 Å². The van der Waals surface area contributed by atoms with E-state index in [2.05, 4.69) is 4.98 Å². The minimum Gasteiger partial charge on any atom is -0.477 e. The number of carbonyl (C=O) groups is 1. The van der Waals surface area contributed by atoms with E-state index in [0.29, 0.717) is 22.2 Å². The normalized spacial score (nSPS) is 11.1. The number of hydrogen-bond donors (Lipinski definition) is 1. The lowest BCUT2D eigenvalue weighted by molar-refractivity contribution is 0.0700. The lowest BCUT2D eigenvalue weighted by atomic mass is 10.1. The van der Waals surface area contributed by atoms with Crippen molar-refractivity contribution in [2.24, 2.45) is 0 Å². The fraction of sp³-hybridized carbons (Fsp3) is 0.429. The summed E-state index contributed by atoms with van der Waals surface area (Å²) in [6.07, 6.45) is 0. The Bertz CT molecular complexity index is 616. The first-order valence-electron chi connectivity index (χ1n) is 6.39. The van der Waals surface area contributed by atoms with Crippen molar-refractivity contribution < 1.29 is 14.3 Å². The van der Waals surface area contributed by atoms with E-state index in [0.717, 1.165) is 11.5 Å². The Hall–Kier alpha value is -1.82. The molecule has 0 bridgehead atoms. The van der Waals surface area contributed by atoms with Crippen molar-refractivity contribution in [1.29, 1.82) is 0 Å². The highest BCUT2D eigenvalue weighted by Gasteiger charge is 2.21. The van der Waals surface area contributed by atoms with Gasteiger partial charge in [0.2, 0.25) is 0 Å². The van der Waals surface area contributed by atoms with E-state index in [1.807, 2.05) is 44.9 Å². The number of nitrogens with zero attached hydrogens (tertiary/aromatic N) is 2. The molecule has 0 spiro atoms. The highest BCUT2D eigenvalue weighted by atomic mass is 32.1. The van der Waals surface area contributed by atoms with Gasteiger partial charge in [0.15, 0.2) is 5.13 Å². The molecule has 0 aromatic carbocycles. The molecule has 0 fully saturated rings. The van der Waals surface area contributed by atoms with Crippen LogP contribution in [0.2, 0.25) is 0 Å². The van der Waals surface area contributed by atoms with Gasteiger partial charge in [-0.25, -0.2) is 9.78 Å². The van der Waals surface area contributed by atoms with Crippen LogP contribution < -0.4 is 4.90 Å². The van der Waals surface area contributed by atoms with E-state index in [-0.39, 0.29) is 5.92 Å². The van der Waals surface area contributed by atoms with E-state index in [9.17, 15) is 9.90 Å². The molecule has 20 heavy (non-hydrogen) atoms. The van der Waals surface area contributed by atoms with Crippen molar-refractivity contribution in [3.63, 3.8) is 0 Å². The number of rotatable bonds is 5. The van der Waals surface area contributed by atoms with Crippen LogP contribution in [0.4, 0.5) is 5.13 Å². The summed E-state index contributed by atoms with van der Waals surface area (Å²) >= 11 is 1.20. The molecular weight excluding hydrogens is 276 g/mol. The minimum atomic E-state index is -0.917. The Morgan fingerprint density at radius 3 is 2.65 bits per heavy atom. The molecule has 2 rings (SSSR count). The van der Waals surface area contributed by atoms with Crippen LogP contribution in [-0.4, -0.2) is 23.1 Å². The quantitative estimate of drug-likeness (QED) is 0.914. The fourth-order valence-corrected chi connectivity index (χ4v) is 2.92. The summed E-state index contributed by atoms with van der Waals surface area (Å²) in [5.74, 6) is 0.870. The maximum atomic E-state index is 11.3. The molecule has 5 nitrogen and oxygen atoms in total. The summed E-state index contributed by atoms with van der Waals surface area (Å²) in [5.41, 5.74) is 0.639. The third kappa shape index (κ3) is 3.01. The van der Waals surface area contributed by atoms with Crippen molar-refractivity contribution in [1.82, 2.24) is 4.98 Å². The SMILES string of the molecule is Cc1ccc(CN(C)c2nc(C(C)C)c(C(=O)O)s2)o1. The van der Waals surface area contributed by atoms with Gasteiger partial charge < -0.3 is 14.4 Å². The van der Waals surface area contributed by atoms with Crippen LogP contribution >= 0.6 is 11.3 Å². The van der Waals surface area contributed by atoms with Gasteiger partial charge in [0, 0.05) is 7.05 Å². The third-order valence-corrected chi connectivity index (χ3v) is 4.07. The van der Waals surface area contributed by atoms with Crippen LogP contribution in [0, 0.1) is 6.92 Å². The zero-order valence-electron chi connectivity index (χ0n) is 12.0. The van der Waals surface area contributed by atoms with Gasteiger partial charge in [0.25, 0.3) is 0 Å². The third-order valence-electron chi connectivity index (χ3n) is 2.90. The molecule has 0 unspecified atom stereocenters. The second-order valence-electron chi connectivity index (χ2n) is 5.04. The molecule has 1 N–H and O–H groups in total. The van der Waals surface area contributed by atoms with Gasteiger partial charge >= 0.3 is 5.97 Å². The molecule has 0 aliphatic carbocycles. The number of carboxylic acids is 1. The largest absolute Gasteiger partial charge is 0.477 e. The molecule has 108 valence electrons. The first kappa shape index (κ1) is 14.6. The number of hydrogen-bond acceptors (Lipinski definition) is 5. The number of aromatic carboxylic acids is 1. The zero-order valence-corrected chi connectivity index (χ0v) is 12.8. The van der Waals surface area contributed by atoms with E-state index in [1.165, 1.54) is 11.3 Å². The predicted molar refractivity (Wildman–Crippen MR) is 78.7 cm³/mol. The van der Waals surface area contributed by atoms with Gasteiger partial charge in [-0.2, -0.15) is 0 Å². The summed E-state index contributed by atoms with van der Waals surface area (Å²) in [5, 5.41) is 9.93. The number of anilines is 1. The van der Waals surface area contributed by atoms with Gasteiger partial charge in [-0.3, -0.25) is 0 Å². The Morgan fingerprint density at radius 1 is 1.50 bits per heavy atom. The lowest BCUT2D eigenvalue weighted by Gasteiger charge is -2.13. The van der Waals surface area contributed by atoms with Crippen molar-refractivity contribution >= 4 is 22.4 Å². The number of carboxylic acid groups (broad SMARTS) is 1. The van der Waals surface area contributed by atoms with E-state index < -0.39 is 5.97 Å². The monoisotopic (exact) mass is 294 g/mol.